The molecule has 6 nitrogen and oxygen atoms in total. The molecule has 1 unspecified atom stereocenters. The Morgan fingerprint density at radius 2 is 1.96 bits per heavy atom. The van der Waals surface area contributed by atoms with Gasteiger partial charge in [-0.05, 0) is 43.4 Å². The van der Waals surface area contributed by atoms with Crippen LogP contribution in [0, 0.1) is 0 Å². The fraction of sp³-hybridized carbons (Fsp3) is 0.524. The average molecular weight is 369 g/mol. The predicted molar refractivity (Wildman–Crippen MR) is 102 cm³/mol. The van der Waals surface area contributed by atoms with Gasteiger partial charge in [-0.25, -0.2) is 0 Å². The Kier molecular flexibility index (Phi) is 5.43. The van der Waals surface area contributed by atoms with E-state index >= 15 is 0 Å². The molecule has 2 aliphatic carbocycles. The molecule has 0 saturated heterocycles. The molecule has 1 fully saturated rings. The van der Waals surface area contributed by atoms with E-state index in [4.69, 9.17) is 9.26 Å². The van der Waals surface area contributed by atoms with Crippen LogP contribution in [0.1, 0.15) is 59.5 Å². The fourth-order valence-electron chi connectivity index (χ4n) is 4.09. The van der Waals surface area contributed by atoms with E-state index in [0.29, 0.717) is 11.7 Å². The number of amides is 1. The molecule has 2 aliphatic rings. The minimum atomic E-state index is -0.0808. The number of carbonyl (C=O) groups is 1. The van der Waals surface area contributed by atoms with E-state index in [1.165, 1.54) is 18.4 Å². The molecule has 0 spiro atoms. The first-order valence-electron chi connectivity index (χ1n) is 9.87. The topological polar surface area (TPSA) is 76.4 Å². The monoisotopic (exact) mass is 369 g/mol. The molecule has 4 rings (SSSR count). The second kappa shape index (κ2) is 8.13. The molecule has 0 aliphatic heterocycles. The van der Waals surface area contributed by atoms with Gasteiger partial charge in [-0.15, -0.1) is 0 Å². The molecular formula is C21H27N3O3. The zero-order chi connectivity index (χ0) is 18.6. The second-order valence-electron chi connectivity index (χ2n) is 7.56. The normalized spacial score (nSPS) is 19.7. The van der Waals surface area contributed by atoms with E-state index in [1.54, 1.807) is 7.11 Å². The summed E-state index contributed by atoms with van der Waals surface area (Å²) < 4.78 is 10.7. The largest absolute Gasteiger partial charge is 0.497 e. The number of aryl methyl sites for hydroxylation is 1. The number of hydrogen-bond acceptors (Lipinski definition) is 5. The molecule has 27 heavy (non-hydrogen) atoms. The van der Waals surface area contributed by atoms with Crippen molar-refractivity contribution in [1.29, 1.82) is 0 Å². The highest BCUT2D eigenvalue weighted by molar-refractivity contribution is 5.94. The number of methoxy groups -OCH3 is 1. The van der Waals surface area contributed by atoms with Crippen molar-refractivity contribution in [1.82, 2.24) is 15.8 Å². The van der Waals surface area contributed by atoms with Crippen LogP contribution in [0.15, 0.2) is 28.8 Å². The highest BCUT2D eigenvalue weighted by Gasteiger charge is 2.29. The molecule has 1 aromatic heterocycles. The van der Waals surface area contributed by atoms with Crippen molar-refractivity contribution < 1.29 is 14.1 Å². The standard InChI is InChI=1S/C21H27N3O3/c1-26-17-9-6-14(7-10-17)13-22-16-8-11-19-18(12-16)20(24-27-19)21(25)23-15-4-2-3-5-15/h6-7,9-10,15-16,22H,2-5,8,11-13H2,1H3,(H,23,25). The predicted octanol–water partition coefficient (Wildman–Crippen LogP) is 3.00. The first kappa shape index (κ1) is 18.0. The highest BCUT2D eigenvalue weighted by Crippen LogP contribution is 2.26. The minimum Gasteiger partial charge on any atom is -0.497 e. The van der Waals surface area contributed by atoms with Gasteiger partial charge >= 0.3 is 0 Å². The summed E-state index contributed by atoms with van der Waals surface area (Å²) in [7, 11) is 1.67. The zero-order valence-electron chi connectivity index (χ0n) is 15.8. The highest BCUT2D eigenvalue weighted by atomic mass is 16.5. The third-order valence-electron chi connectivity index (χ3n) is 5.70. The van der Waals surface area contributed by atoms with Crippen LogP contribution in [0.4, 0.5) is 0 Å². The number of ether oxygens (including phenoxy) is 1. The number of carbonyl (C=O) groups excluding carboxylic acids is 1. The van der Waals surface area contributed by atoms with Crippen molar-refractivity contribution in [3.8, 4) is 5.75 Å². The maximum Gasteiger partial charge on any atom is 0.273 e. The Labute approximate surface area is 159 Å². The summed E-state index contributed by atoms with van der Waals surface area (Å²) in [4.78, 5) is 12.6. The molecule has 0 bridgehead atoms. The van der Waals surface area contributed by atoms with Crippen LogP contribution in [0.5, 0.6) is 5.75 Å². The van der Waals surface area contributed by atoms with Crippen LogP contribution in [-0.2, 0) is 19.4 Å². The molecule has 1 atom stereocenters. The van der Waals surface area contributed by atoms with Crippen molar-refractivity contribution in [3.05, 3.63) is 46.8 Å². The molecule has 6 heteroatoms. The lowest BCUT2D eigenvalue weighted by Gasteiger charge is -2.23. The average Bonchev–Trinajstić information content (AvgIpc) is 3.36. The number of nitrogens with one attached hydrogen (secondary N) is 2. The van der Waals surface area contributed by atoms with Gasteiger partial charge in [0, 0.05) is 30.6 Å². The van der Waals surface area contributed by atoms with Crippen molar-refractivity contribution in [3.63, 3.8) is 0 Å². The van der Waals surface area contributed by atoms with Crippen LogP contribution in [0.25, 0.3) is 0 Å². The Hall–Kier alpha value is -2.34. The van der Waals surface area contributed by atoms with Gasteiger partial charge in [0.1, 0.15) is 11.5 Å². The number of hydrogen-bond donors (Lipinski definition) is 2. The molecular weight excluding hydrogens is 342 g/mol. The summed E-state index contributed by atoms with van der Waals surface area (Å²) in [6.45, 7) is 0.791. The van der Waals surface area contributed by atoms with Gasteiger partial charge < -0.3 is 19.9 Å². The molecule has 2 aromatic rings. The number of fused-ring (bicyclic) bond motifs is 1. The van der Waals surface area contributed by atoms with Gasteiger partial charge in [0.2, 0.25) is 0 Å². The molecule has 144 valence electrons. The van der Waals surface area contributed by atoms with E-state index in [1.807, 2.05) is 12.1 Å². The van der Waals surface area contributed by atoms with Crippen LogP contribution >= 0.6 is 0 Å². The van der Waals surface area contributed by atoms with Crippen LogP contribution in [0.2, 0.25) is 0 Å². The zero-order valence-corrected chi connectivity index (χ0v) is 15.8. The number of rotatable bonds is 6. The third-order valence-corrected chi connectivity index (χ3v) is 5.70. The molecule has 0 radical (unpaired) electrons. The van der Waals surface area contributed by atoms with E-state index in [2.05, 4.69) is 27.9 Å². The summed E-state index contributed by atoms with van der Waals surface area (Å²) >= 11 is 0. The SMILES string of the molecule is COc1ccc(CNC2CCc3onc(C(=O)NC4CCCC4)c3C2)cc1. The van der Waals surface area contributed by atoms with E-state index < -0.39 is 0 Å². The summed E-state index contributed by atoms with van der Waals surface area (Å²) in [6, 6.07) is 8.69. The molecule has 2 N–H and O–H groups in total. The second-order valence-corrected chi connectivity index (χ2v) is 7.56. The Bertz CT molecular complexity index is 778. The summed E-state index contributed by atoms with van der Waals surface area (Å²) in [5.41, 5.74) is 2.67. The first-order valence-corrected chi connectivity index (χ1v) is 9.87. The van der Waals surface area contributed by atoms with Crippen molar-refractivity contribution >= 4 is 5.91 Å². The summed E-state index contributed by atoms with van der Waals surface area (Å²) in [5.74, 6) is 1.65. The Morgan fingerprint density at radius 1 is 1.19 bits per heavy atom. The van der Waals surface area contributed by atoms with Crippen LogP contribution in [-0.4, -0.2) is 30.3 Å². The molecule has 1 aromatic carbocycles. The smallest absolute Gasteiger partial charge is 0.273 e. The van der Waals surface area contributed by atoms with Gasteiger partial charge in [-0.2, -0.15) is 0 Å². The van der Waals surface area contributed by atoms with Crippen molar-refractivity contribution in [2.75, 3.05) is 7.11 Å². The van der Waals surface area contributed by atoms with Gasteiger partial charge in [0.05, 0.1) is 7.11 Å². The lowest BCUT2D eigenvalue weighted by Crippen LogP contribution is -2.36. The third kappa shape index (κ3) is 4.16. The molecule has 1 heterocycles. The van der Waals surface area contributed by atoms with Crippen LogP contribution < -0.4 is 15.4 Å². The quantitative estimate of drug-likeness (QED) is 0.819. The van der Waals surface area contributed by atoms with Gasteiger partial charge in [0.25, 0.3) is 5.91 Å². The number of nitrogens with zero attached hydrogens (tertiary/aromatic N) is 1. The van der Waals surface area contributed by atoms with E-state index in [-0.39, 0.29) is 11.9 Å². The molecule has 1 amide bonds. The Balaban J connectivity index is 1.36. The van der Waals surface area contributed by atoms with Crippen LogP contribution in [0.3, 0.4) is 0 Å². The fourth-order valence-corrected chi connectivity index (χ4v) is 4.09. The van der Waals surface area contributed by atoms with E-state index in [0.717, 1.165) is 55.7 Å². The van der Waals surface area contributed by atoms with Gasteiger partial charge in [-0.1, -0.05) is 30.1 Å². The summed E-state index contributed by atoms with van der Waals surface area (Å²) in [5, 5.41) is 10.8. The van der Waals surface area contributed by atoms with Crippen molar-refractivity contribution in [2.45, 2.75) is 63.6 Å². The number of benzene rings is 1. The van der Waals surface area contributed by atoms with E-state index in [9.17, 15) is 4.79 Å². The van der Waals surface area contributed by atoms with Crippen molar-refractivity contribution in [2.24, 2.45) is 0 Å². The Morgan fingerprint density at radius 3 is 2.70 bits per heavy atom. The first-order chi connectivity index (χ1) is 13.2. The lowest BCUT2D eigenvalue weighted by atomic mass is 9.91. The van der Waals surface area contributed by atoms with Gasteiger partial charge in [0.15, 0.2) is 5.69 Å². The summed E-state index contributed by atoms with van der Waals surface area (Å²) in [6.07, 6.45) is 7.11. The minimum absolute atomic E-state index is 0.0808. The number of aromatic nitrogens is 1. The molecule has 1 saturated carbocycles. The lowest BCUT2D eigenvalue weighted by molar-refractivity contribution is 0.0928. The van der Waals surface area contributed by atoms with Gasteiger partial charge in [-0.3, -0.25) is 4.79 Å². The maximum atomic E-state index is 12.6. The maximum absolute atomic E-state index is 12.6.